The summed E-state index contributed by atoms with van der Waals surface area (Å²) in [6.45, 7) is 9.57. The molecule has 1 heterocycles. The lowest BCUT2D eigenvalue weighted by Crippen LogP contribution is -2.60. The molecule has 5 amide bonds. The number of fused-ring (bicyclic) bond motifs is 1. The van der Waals surface area contributed by atoms with Crippen LogP contribution in [0.15, 0.2) is 0 Å². The number of carbonyl (C=O) groups excluding carboxylic acids is 5. The van der Waals surface area contributed by atoms with Gasteiger partial charge in [-0.3, -0.25) is 19.2 Å². The molecular weight excluding hydrogens is 390 g/mol. The average molecular weight is 424 g/mol. The standard InChI is InChI=1S/C20H33N5O5/c1-19(2,3)14(24-18(30)22-7)17(29)25-9-10-12(20(10,4)5)13(25)16(28)23-8-11(26)15(27)21-6/h10,12-14H,8-9H2,1-7H3,(H,21,27)(H,23,28)(H2,22,24,30)/t10?,12?,13-,14+/m0/s1. The molecule has 1 saturated heterocycles. The SMILES string of the molecule is CNC(=O)N[C@H](C(=O)N1CC2C([C@H]1C(=O)NCC(=O)C(=O)NC)C2(C)C)C(C)(C)C. The molecule has 2 aliphatic rings. The zero-order chi connectivity index (χ0) is 23.0. The molecule has 10 nitrogen and oxygen atoms in total. The molecule has 4 atom stereocenters. The number of hydrogen-bond acceptors (Lipinski definition) is 5. The first kappa shape index (κ1) is 23.6. The van der Waals surface area contributed by atoms with Gasteiger partial charge in [0.05, 0.1) is 6.54 Å². The lowest BCUT2D eigenvalue weighted by Gasteiger charge is -2.37. The summed E-state index contributed by atoms with van der Waals surface area (Å²) < 4.78 is 0. The number of urea groups is 1. The third kappa shape index (κ3) is 4.41. The van der Waals surface area contributed by atoms with Crippen LogP contribution in [0.5, 0.6) is 0 Å². The molecule has 2 unspecified atom stereocenters. The Morgan fingerprint density at radius 1 is 1.07 bits per heavy atom. The number of carbonyl (C=O) groups is 5. The first-order chi connectivity index (χ1) is 13.8. The fourth-order valence-corrected chi connectivity index (χ4v) is 4.32. The highest BCUT2D eigenvalue weighted by molar-refractivity contribution is 6.37. The molecular formula is C20H33N5O5. The van der Waals surface area contributed by atoms with Gasteiger partial charge in [-0.25, -0.2) is 4.79 Å². The lowest BCUT2D eigenvalue weighted by atomic mass is 9.85. The van der Waals surface area contributed by atoms with E-state index in [0.29, 0.717) is 6.54 Å². The van der Waals surface area contributed by atoms with E-state index in [1.165, 1.54) is 19.0 Å². The fourth-order valence-electron chi connectivity index (χ4n) is 4.32. The minimum atomic E-state index is -0.833. The van der Waals surface area contributed by atoms with Crippen LogP contribution in [0.25, 0.3) is 0 Å². The molecule has 0 spiro atoms. The Kier molecular flexibility index (Phi) is 6.48. The summed E-state index contributed by atoms with van der Waals surface area (Å²) in [6, 6.07) is -2.07. The molecule has 0 aromatic heterocycles. The highest BCUT2D eigenvalue weighted by Gasteiger charge is 2.69. The van der Waals surface area contributed by atoms with Crippen LogP contribution in [-0.2, 0) is 19.2 Å². The Bertz CT molecular complexity index is 757. The molecule has 2 fully saturated rings. The van der Waals surface area contributed by atoms with Gasteiger partial charge in [-0.1, -0.05) is 34.6 Å². The topological polar surface area (TPSA) is 137 Å². The first-order valence-electron chi connectivity index (χ1n) is 10.1. The largest absolute Gasteiger partial charge is 0.353 e. The normalized spacial score (nSPS) is 24.9. The number of amides is 5. The van der Waals surface area contributed by atoms with Gasteiger partial charge < -0.3 is 26.2 Å². The molecule has 1 aliphatic carbocycles. The number of Topliss-reactive ketones (excluding diaryl/α,β-unsaturated/α-hetero) is 1. The van der Waals surface area contributed by atoms with Crippen LogP contribution < -0.4 is 21.3 Å². The van der Waals surface area contributed by atoms with Gasteiger partial charge in [0.15, 0.2) is 0 Å². The van der Waals surface area contributed by atoms with Crippen molar-refractivity contribution >= 4 is 29.5 Å². The predicted octanol–water partition coefficient (Wildman–Crippen LogP) is -0.756. The van der Waals surface area contributed by atoms with Gasteiger partial charge in [-0.15, -0.1) is 0 Å². The number of piperidine rings is 1. The number of nitrogens with one attached hydrogen (secondary N) is 4. The van der Waals surface area contributed by atoms with E-state index in [-0.39, 0.29) is 23.2 Å². The highest BCUT2D eigenvalue weighted by atomic mass is 16.2. The Morgan fingerprint density at radius 3 is 2.17 bits per heavy atom. The van der Waals surface area contributed by atoms with E-state index < -0.39 is 47.7 Å². The zero-order valence-electron chi connectivity index (χ0n) is 18.7. The van der Waals surface area contributed by atoms with Gasteiger partial charge in [-0.2, -0.15) is 0 Å². The van der Waals surface area contributed by atoms with E-state index in [9.17, 15) is 24.0 Å². The predicted molar refractivity (Wildman–Crippen MR) is 109 cm³/mol. The Hall–Kier alpha value is -2.65. The van der Waals surface area contributed by atoms with Crippen molar-refractivity contribution in [2.75, 3.05) is 27.2 Å². The lowest BCUT2D eigenvalue weighted by molar-refractivity contribution is -0.144. The molecule has 0 bridgehead atoms. The number of likely N-dealkylation sites (N-methyl/N-ethyl adjacent to an activating group) is 1. The van der Waals surface area contributed by atoms with Crippen molar-refractivity contribution in [1.29, 1.82) is 0 Å². The van der Waals surface area contributed by atoms with Crippen LogP contribution in [-0.4, -0.2) is 73.7 Å². The van der Waals surface area contributed by atoms with Gasteiger partial charge >= 0.3 is 6.03 Å². The Balaban J connectivity index is 2.22. The smallest absolute Gasteiger partial charge is 0.315 e. The number of rotatable bonds is 6. The number of likely N-dealkylation sites (tertiary alicyclic amines) is 1. The summed E-state index contributed by atoms with van der Waals surface area (Å²) in [4.78, 5) is 62.9. The third-order valence-electron chi connectivity index (χ3n) is 6.28. The van der Waals surface area contributed by atoms with Crippen molar-refractivity contribution in [3.05, 3.63) is 0 Å². The van der Waals surface area contributed by atoms with Crippen molar-refractivity contribution < 1.29 is 24.0 Å². The van der Waals surface area contributed by atoms with Gasteiger partial charge in [0.2, 0.25) is 17.6 Å². The molecule has 30 heavy (non-hydrogen) atoms. The summed E-state index contributed by atoms with van der Waals surface area (Å²) in [5, 5.41) is 9.86. The first-order valence-corrected chi connectivity index (χ1v) is 10.1. The van der Waals surface area contributed by atoms with Gasteiger partial charge in [-0.05, 0) is 22.7 Å². The molecule has 0 aromatic rings. The van der Waals surface area contributed by atoms with E-state index in [1.54, 1.807) is 0 Å². The monoisotopic (exact) mass is 423 g/mol. The van der Waals surface area contributed by atoms with Crippen molar-refractivity contribution in [2.24, 2.45) is 22.7 Å². The maximum absolute atomic E-state index is 13.4. The maximum atomic E-state index is 13.4. The van der Waals surface area contributed by atoms with E-state index in [4.69, 9.17) is 0 Å². The molecule has 0 aromatic carbocycles. The zero-order valence-corrected chi connectivity index (χ0v) is 18.7. The Morgan fingerprint density at radius 2 is 1.67 bits per heavy atom. The van der Waals surface area contributed by atoms with E-state index in [0.717, 1.165) is 0 Å². The van der Waals surface area contributed by atoms with Crippen molar-refractivity contribution in [2.45, 2.75) is 46.7 Å². The molecule has 2 rings (SSSR count). The van der Waals surface area contributed by atoms with Crippen LogP contribution in [0.3, 0.4) is 0 Å². The highest BCUT2D eigenvalue weighted by Crippen LogP contribution is 2.65. The van der Waals surface area contributed by atoms with E-state index in [1.807, 2.05) is 34.6 Å². The van der Waals surface area contributed by atoms with Crippen LogP contribution in [0.4, 0.5) is 4.79 Å². The summed E-state index contributed by atoms with van der Waals surface area (Å²) in [6.07, 6.45) is 0. The third-order valence-corrected chi connectivity index (χ3v) is 6.28. The number of nitrogens with zero attached hydrogens (tertiary/aromatic N) is 1. The van der Waals surface area contributed by atoms with Gasteiger partial charge in [0.25, 0.3) is 5.91 Å². The molecule has 1 aliphatic heterocycles. The Labute approximate surface area is 176 Å². The quantitative estimate of drug-likeness (QED) is 0.417. The van der Waals surface area contributed by atoms with Gasteiger partial charge in [0, 0.05) is 20.6 Å². The summed E-state index contributed by atoms with van der Waals surface area (Å²) in [7, 11) is 2.80. The van der Waals surface area contributed by atoms with Crippen LogP contribution in [0.2, 0.25) is 0 Å². The van der Waals surface area contributed by atoms with Crippen molar-refractivity contribution in [3.63, 3.8) is 0 Å². The van der Waals surface area contributed by atoms with Crippen LogP contribution >= 0.6 is 0 Å². The maximum Gasteiger partial charge on any atom is 0.315 e. The minimum absolute atomic E-state index is 0.0443. The summed E-state index contributed by atoms with van der Waals surface area (Å²) in [5.41, 5.74) is -0.683. The van der Waals surface area contributed by atoms with Crippen LogP contribution in [0, 0.1) is 22.7 Å². The minimum Gasteiger partial charge on any atom is -0.353 e. The fraction of sp³-hybridized carbons (Fsp3) is 0.750. The van der Waals surface area contributed by atoms with E-state index >= 15 is 0 Å². The van der Waals surface area contributed by atoms with Crippen LogP contribution in [0.1, 0.15) is 34.6 Å². The van der Waals surface area contributed by atoms with E-state index in [2.05, 4.69) is 21.3 Å². The second-order valence-corrected chi connectivity index (χ2v) is 9.63. The van der Waals surface area contributed by atoms with Gasteiger partial charge in [0.1, 0.15) is 12.1 Å². The molecule has 0 radical (unpaired) electrons. The van der Waals surface area contributed by atoms with Crippen molar-refractivity contribution in [1.82, 2.24) is 26.2 Å². The molecule has 4 N–H and O–H groups in total. The second-order valence-electron chi connectivity index (χ2n) is 9.63. The molecule has 1 saturated carbocycles. The number of ketones is 1. The molecule has 168 valence electrons. The summed E-state index contributed by atoms with van der Waals surface area (Å²) >= 11 is 0. The second kappa shape index (κ2) is 8.23. The molecule has 10 heteroatoms. The van der Waals surface area contributed by atoms with Crippen molar-refractivity contribution in [3.8, 4) is 0 Å². The number of hydrogen-bond donors (Lipinski definition) is 4. The summed E-state index contributed by atoms with van der Waals surface area (Å²) in [5.74, 6) is -2.24. The average Bonchev–Trinajstić information content (AvgIpc) is 3.02.